The molecule has 3 heterocycles. The third-order valence-corrected chi connectivity index (χ3v) is 4.94. The molecule has 9 heteroatoms. The first-order valence-electron chi connectivity index (χ1n) is 8.61. The fourth-order valence-corrected chi connectivity index (χ4v) is 3.50. The maximum Gasteiger partial charge on any atom is 0.237 e. The maximum atomic E-state index is 12.2. The average molecular weight is 352 g/mol. The Bertz CT molecular complexity index is 866. The van der Waals surface area contributed by atoms with Crippen molar-refractivity contribution in [1.29, 1.82) is 5.26 Å². The summed E-state index contributed by atoms with van der Waals surface area (Å²) in [5.41, 5.74) is 0.698. The number of hydrogen-bond donors (Lipinski definition) is 1. The Balaban J connectivity index is 1.48. The molecule has 0 atom stereocenters. The van der Waals surface area contributed by atoms with Crippen molar-refractivity contribution in [2.75, 3.05) is 29.9 Å². The van der Waals surface area contributed by atoms with Crippen LogP contribution < -0.4 is 10.2 Å². The number of hydrogen-bond acceptors (Lipinski definition) is 7. The number of nitrogens with zero attached hydrogens (tertiary/aromatic N) is 7. The standard InChI is InChI=1S/C17H20N8O/c1-23-11-13(10-20-23)21-16-19-7-3-14(22-16)24-8-9-25(15(26)2-6-18)17(12-24)4-5-17/h3,7,10-11H,2,4-5,8-9,12H2,1H3,(H,19,21,22). The molecule has 1 amide bonds. The van der Waals surface area contributed by atoms with Crippen LogP contribution in [0, 0.1) is 11.3 Å². The number of rotatable bonds is 4. The SMILES string of the molecule is Cn1cc(Nc2nccc(N3CCN(C(=O)CC#N)C4(CC4)C3)n2)cn1. The highest BCUT2D eigenvalue weighted by atomic mass is 16.2. The Morgan fingerprint density at radius 3 is 2.96 bits per heavy atom. The van der Waals surface area contributed by atoms with E-state index in [-0.39, 0.29) is 17.9 Å². The van der Waals surface area contributed by atoms with Gasteiger partial charge in [0.1, 0.15) is 12.2 Å². The zero-order chi connectivity index (χ0) is 18.1. The van der Waals surface area contributed by atoms with E-state index in [0.29, 0.717) is 19.0 Å². The van der Waals surface area contributed by atoms with Gasteiger partial charge in [-0.15, -0.1) is 0 Å². The smallest absolute Gasteiger partial charge is 0.237 e. The largest absolute Gasteiger partial charge is 0.352 e. The first-order valence-corrected chi connectivity index (χ1v) is 8.61. The van der Waals surface area contributed by atoms with Crippen molar-refractivity contribution in [3.63, 3.8) is 0 Å². The van der Waals surface area contributed by atoms with E-state index in [4.69, 9.17) is 5.26 Å². The maximum absolute atomic E-state index is 12.2. The van der Waals surface area contributed by atoms with E-state index in [1.165, 1.54) is 0 Å². The highest BCUT2D eigenvalue weighted by Gasteiger charge is 2.53. The van der Waals surface area contributed by atoms with Crippen LogP contribution in [0.3, 0.4) is 0 Å². The monoisotopic (exact) mass is 352 g/mol. The van der Waals surface area contributed by atoms with Gasteiger partial charge in [0.25, 0.3) is 0 Å². The molecule has 1 saturated carbocycles. The van der Waals surface area contributed by atoms with Crippen LogP contribution in [0.25, 0.3) is 0 Å². The molecule has 2 aromatic heterocycles. The van der Waals surface area contributed by atoms with Crippen molar-refractivity contribution in [3.8, 4) is 6.07 Å². The van der Waals surface area contributed by atoms with Crippen LogP contribution in [0.2, 0.25) is 0 Å². The Labute approximate surface area is 151 Å². The second kappa shape index (κ2) is 6.29. The molecule has 4 rings (SSSR count). The van der Waals surface area contributed by atoms with Gasteiger partial charge in [0, 0.05) is 39.1 Å². The van der Waals surface area contributed by atoms with Gasteiger partial charge < -0.3 is 15.1 Å². The molecule has 0 aromatic carbocycles. The van der Waals surface area contributed by atoms with Crippen molar-refractivity contribution >= 4 is 23.4 Å². The van der Waals surface area contributed by atoms with Gasteiger partial charge in [-0.05, 0) is 18.9 Å². The predicted molar refractivity (Wildman–Crippen MR) is 94.6 cm³/mol. The lowest BCUT2D eigenvalue weighted by atomic mass is 10.1. The van der Waals surface area contributed by atoms with Crippen LogP contribution in [-0.4, -0.2) is 55.7 Å². The van der Waals surface area contributed by atoms with E-state index in [0.717, 1.165) is 30.9 Å². The van der Waals surface area contributed by atoms with Crippen LogP contribution in [0.15, 0.2) is 24.7 Å². The minimum absolute atomic E-state index is 0.0472. The summed E-state index contributed by atoms with van der Waals surface area (Å²) in [5, 5.41) is 16.1. The number of carbonyl (C=O) groups is 1. The quantitative estimate of drug-likeness (QED) is 0.877. The molecule has 1 aliphatic carbocycles. The molecule has 0 bridgehead atoms. The predicted octanol–water partition coefficient (Wildman–Crippen LogP) is 1.05. The van der Waals surface area contributed by atoms with Gasteiger partial charge >= 0.3 is 0 Å². The number of nitriles is 1. The second-order valence-electron chi connectivity index (χ2n) is 6.79. The summed E-state index contributed by atoms with van der Waals surface area (Å²) in [4.78, 5) is 25.2. The Hall–Kier alpha value is -3.15. The lowest BCUT2D eigenvalue weighted by molar-refractivity contribution is -0.133. The molecular formula is C17H20N8O. The third kappa shape index (κ3) is 3.06. The van der Waals surface area contributed by atoms with E-state index in [1.54, 1.807) is 17.1 Å². The van der Waals surface area contributed by atoms with E-state index >= 15 is 0 Å². The highest BCUT2D eigenvalue weighted by molar-refractivity contribution is 5.80. The molecule has 9 nitrogen and oxygen atoms in total. The Morgan fingerprint density at radius 1 is 1.42 bits per heavy atom. The fourth-order valence-electron chi connectivity index (χ4n) is 3.50. The summed E-state index contributed by atoms with van der Waals surface area (Å²) in [6.07, 6.45) is 7.21. The molecular weight excluding hydrogens is 332 g/mol. The van der Waals surface area contributed by atoms with Crippen molar-refractivity contribution in [1.82, 2.24) is 24.6 Å². The van der Waals surface area contributed by atoms with Gasteiger partial charge in [0.05, 0.1) is 23.5 Å². The molecule has 1 aliphatic heterocycles. The molecule has 1 N–H and O–H groups in total. The molecule has 2 fully saturated rings. The van der Waals surface area contributed by atoms with Gasteiger partial charge in [0.15, 0.2) is 0 Å². The second-order valence-corrected chi connectivity index (χ2v) is 6.79. The Morgan fingerprint density at radius 2 is 2.27 bits per heavy atom. The first kappa shape index (κ1) is 16.3. The molecule has 26 heavy (non-hydrogen) atoms. The van der Waals surface area contributed by atoms with E-state index in [9.17, 15) is 4.79 Å². The van der Waals surface area contributed by atoms with E-state index in [1.807, 2.05) is 30.3 Å². The average Bonchev–Trinajstić information content (AvgIpc) is 3.27. The van der Waals surface area contributed by atoms with Crippen molar-refractivity contribution in [2.24, 2.45) is 7.05 Å². The zero-order valence-corrected chi connectivity index (χ0v) is 14.6. The third-order valence-electron chi connectivity index (χ3n) is 4.94. The molecule has 2 aliphatic rings. The number of aromatic nitrogens is 4. The van der Waals surface area contributed by atoms with Gasteiger partial charge in [-0.1, -0.05) is 0 Å². The normalized spacial score (nSPS) is 17.8. The lowest BCUT2D eigenvalue weighted by Gasteiger charge is -2.42. The Kier molecular flexibility index (Phi) is 3.95. The number of nitrogens with one attached hydrogen (secondary N) is 1. The molecule has 0 unspecified atom stereocenters. The minimum atomic E-state index is -0.131. The summed E-state index contributed by atoms with van der Waals surface area (Å²) in [6, 6.07) is 3.85. The van der Waals surface area contributed by atoms with Gasteiger partial charge in [0.2, 0.25) is 11.9 Å². The summed E-state index contributed by atoms with van der Waals surface area (Å²) >= 11 is 0. The van der Waals surface area contributed by atoms with Crippen molar-refractivity contribution in [2.45, 2.75) is 24.8 Å². The van der Waals surface area contributed by atoms with Gasteiger partial charge in [-0.3, -0.25) is 9.48 Å². The van der Waals surface area contributed by atoms with Crippen LogP contribution in [-0.2, 0) is 11.8 Å². The molecule has 1 spiro atoms. The van der Waals surface area contributed by atoms with Gasteiger partial charge in [-0.25, -0.2) is 4.98 Å². The molecule has 0 radical (unpaired) electrons. The first-order chi connectivity index (χ1) is 12.6. The van der Waals surface area contributed by atoms with Crippen LogP contribution >= 0.6 is 0 Å². The van der Waals surface area contributed by atoms with Crippen LogP contribution in [0.1, 0.15) is 19.3 Å². The summed E-state index contributed by atoms with van der Waals surface area (Å²) < 4.78 is 1.71. The topological polar surface area (TPSA) is 103 Å². The highest BCUT2D eigenvalue weighted by Crippen LogP contribution is 2.45. The lowest BCUT2D eigenvalue weighted by Crippen LogP contribution is -2.57. The molecule has 2 aromatic rings. The molecule has 1 saturated heterocycles. The zero-order valence-electron chi connectivity index (χ0n) is 14.6. The van der Waals surface area contributed by atoms with Crippen LogP contribution in [0.5, 0.6) is 0 Å². The van der Waals surface area contributed by atoms with Crippen LogP contribution in [0.4, 0.5) is 17.5 Å². The minimum Gasteiger partial charge on any atom is -0.352 e. The summed E-state index contributed by atoms with van der Waals surface area (Å²) in [5.74, 6) is 1.29. The van der Waals surface area contributed by atoms with Crippen molar-refractivity contribution in [3.05, 3.63) is 24.7 Å². The fraction of sp³-hybridized carbons (Fsp3) is 0.471. The number of anilines is 3. The number of piperazine rings is 1. The summed E-state index contributed by atoms with van der Waals surface area (Å²) in [6.45, 7) is 2.06. The number of aryl methyl sites for hydroxylation is 1. The number of amides is 1. The number of carbonyl (C=O) groups excluding carboxylic acids is 1. The van der Waals surface area contributed by atoms with E-state index < -0.39 is 0 Å². The van der Waals surface area contributed by atoms with Crippen molar-refractivity contribution < 1.29 is 4.79 Å². The molecule has 134 valence electrons. The summed E-state index contributed by atoms with van der Waals surface area (Å²) in [7, 11) is 1.85. The van der Waals surface area contributed by atoms with E-state index in [2.05, 4.69) is 25.3 Å². The van der Waals surface area contributed by atoms with Gasteiger partial charge in [-0.2, -0.15) is 15.3 Å².